The Bertz CT molecular complexity index is 1430. The molecule has 4 rings (SSSR count). The Kier molecular flexibility index (Phi) is 8.32. The molecule has 38 heavy (non-hydrogen) atoms. The highest BCUT2D eigenvalue weighted by molar-refractivity contribution is 6.27. The predicted octanol–water partition coefficient (Wildman–Crippen LogP) is 2.64. The molecule has 0 bridgehead atoms. The highest BCUT2D eigenvalue weighted by atomic mass is 16.2. The molecule has 1 aromatic carbocycles. The summed E-state index contributed by atoms with van der Waals surface area (Å²) in [5.41, 5.74) is 10.3. The van der Waals surface area contributed by atoms with Gasteiger partial charge in [-0.2, -0.15) is 0 Å². The van der Waals surface area contributed by atoms with Crippen molar-refractivity contribution in [3.8, 4) is 0 Å². The van der Waals surface area contributed by atoms with Gasteiger partial charge in [-0.1, -0.05) is 18.7 Å². The molecule has 8 nitrogen and oxygen atoms in total. The molecular formula is C30H39N7O. The van der Waals surface area contributed by atoms with Crippen LogP contribution in [0.5, 0.6) is 0 Å². The SMILES string of the molecule is C=c1cc(C(C)N2CCC(c3ccc(C(=O)N(C)C)cc3)CC2)n(C)[nH]cc/c1=C1/C=CC(=NC)N=C1N. The Morgan fingerprint density at radius 2 is 1.87 bits per heavy atom. The van der Waals surface area contributed by atoms with Crippen LogP contribution in [0.25, 0.3) is 12.2 Å². The standard InChI is InChI=1S/C30H39N7O/c1-20-19-27(36(6)33-16-13-25(20)26-11-12-28(32-3)34-29(26)31)21(2)37-17-14-23(15-18-37)22-7-9-24(10-8-22)30(38)35(4)5/h7-13,16,19,21,23,33H,1,14-15,17-18H2,2-6H3,(H2,31,32,34)/b16-13?,26-25+,27-19?. The predicted molar refractivity (Wildman–Crippen MR) is 156 cm³/mol. The van der Waals surface area contributed by atoms with Crippen molar-refractivity contribution in [3.05, 3.63) is 82.0 Å². The van der Waals surface area contributed by atoms with E-state index in [-0.39, 0.29) is 11.9 Å². The Labute approximate surface area is 224 Å². The lowest BCUT2D eigenvalue weighted by molar-refractivity contribution is 0.0827. The second-order valence-corrected chi connectivity index (χ2v) is 10.2. The van der Waals surface area contributed by atoms with E-state index in [1.165, 1.54) is 5.56 Å². The Morgan fingerprint density at radius 1 is 1.18 bits per heavy atom. The number of amidine groups is 2. The number of aryl methyl sites for hydroxylation is 1. The summed E-state index contributed by atoms with van der Waals surface area (Å²) in [6, 6.07) is 12.4. The molecule has 200 valence electrons. The fourth-order valence-corrected chi connectivity index (χ4v) is 5.21. The minimum Gasteiger partial charge on any atom is -0.383 e. The van der Waals surface area contributed by atoms with Gasteiger partial charge in [0.2, 0.25) is 0 Å². The number of amides is 1. The molecule has 1 unspecified atom stereocenters. The molecule has 0 aliphatic carbocycles. The number of hydrogen-bond acceptors (Lipinski definition) is 4. The first-order chi connectivity index (χ1) is 18.2. The number of aromatic amines is 1. The van der Waals surface area contributed by atoms with Crippen molar-refractivity contribution in [3.63, 3.8) is 0 Å². The molecule has 8 heteroatoms. The van der Waals surface area contributed by atoms with Gasteiger partial charge in [0.05, 0.1) is 5.69 Å². The number of dihydropyridines is 1. The van der Waals surface area contributed by atoms with Crippen LogP contribution in [0.4, 0.5) is 0 Å². The van der Waals surface area contributed by atoms with Crippen molar-refractivity contribution in [2.45, 2.75) is 31.7 Å². The summed E-state index contributed by atoms with van der Waals surface area (Å²) in [5, 5.41) is 5.17. The van der Waals surface area contributed by atoms with Gasteiger partial charge in [0.1, 0.15) is 11.7 Å². The third kappa shape index (κ3) is 5.81. The minimum atomic E-state index is 0.0367. The number of H-pyrrole nitrogens is 1. The molecular weight excluding hydrogens is 474 g/mol. The molecule has 3 heterocycles. The minimum absolute atomic E-state index is 0.0367. The van der Waals surface area contributed by atoms with E-state index in [0.29, 0.717) is 17.6 Å². The summed E-state index contributed by atoms with van der Waals surface area (Å²) in [6.07, 6.45) is 7.87. The number of carbonyl (C=O) groups excluding carboxylic acids is 1. The molecule has 1 fully saturated rings. The van der Waals surface area contributed by atoms with Crippen LogP contribution in [-0.2, 0) is 7.05 Å². The normalized spacial score (nSPS) is 19.7. The van der Waals surface area contributed by atoms with E-state index < -0.39 is 0 Å². The number of piperidine rings is 1. The maximum absolute atomic E-state index is 12.2. The van der Waals surface area contributed by atoms with E-state index >= 15 is 0 Å². The van der Waals surface area contributed by atoms with Gasteiger partial charge in [0.15, 0.2) is 0 Å². The van der Waals surface area contributed by atoms with Crippen molar-refractivity contribution in [2.24, 2.45) is 22.8 Å². The van der Waals surface area contributed by atoms with Gasteiger partial charge in [-0.05, 0) is 91.2 Å². The number of rotatable bonds is 4. The van der Waals surface area contributed by atoms with E-state index in [9.17, 15) is 4.79 Å². The van der Waals surface area contributed by atoms with Crippen LogP contribution in [0.1, 0.15) is 53.3 Å². The summed E-state index contributed by atoms with van der Waals surface area (Å²) < 4.78 is 2.05. The van der Waals surface area contributed by atoms with Crippen molar-refractivity contribution in [1.29, 1.82) is 0 Å². The number of nitrogens with one attached hydrogen (secondary N) is 1. The Morgan fingerprint density at radius 3 is 2.47 bits per heavy atom. The van der Waals surface area contributed by atoms with Crippen LogP contribution in [0.15, 0.2) is 64.7 Å². The zero-order valence-electron chi connectivity index (χ0n) is 23.1. The molecule has 1 amide bonds. The maximum Gasteiger partial charge on any atom is 0.253 e. The van der Waals surface area contributed by atoms with E-state index in [4.69, 9.17) is 5.73 Å². The van der Waals surface area contributed by atoms with Crippen LogP contribution in [-0.4, -0.2) is 71.4 Å². The van der Waals surface area contributed by atoms with Gasteiger partial charge in [-0.15, -0.1) is 0 Å². The fourth-order valence-electron chi connectivity index (χ4n) is 5.21. The highest BCUT2D eigenvalue weighted by Gasteiger charge is 2.25. The van der Waals surface area contributed by atoms with Crippen molar-refractivity contribution < 1.29 is 4.79 Å². The van der Waals surface area contributed by atoms with Crippen LogP contribution in [0, 0.1) is 0 Å². The van der Waals surface area contributed by atoms with E-state index in [2.05, 4.69) is 56.4 Å². The average Bonchev–Trinajstić information content (AvgIpc) is 2.92. The second-order valence-electron chi connectivity index (χ2n) is 10.2. The topological polar surface area (TPSA) is 95.0 Å². The molecule has 0 saturated carbocycles. The molecule has 2 aromatic rings. The van der Waals surface area contributed by atoms with Gasteiger partial charge in [0, 0.05) is 51.6 Å². The lowest BCUT2D eigenvalue weighted by Crippen LogP contribution is -2.37. The van der Waals surface area contributed by atoms with Gasteiger partial charge >= 0.3 is 0 Å². The quantitative estimate of drug-likeness (QED) is 0.658. The number of hydrogen-bond donors (Lipinski definition) is 2. The molecule has 1 aromatic heterocycles. The molecule has 2 aliphatic rings. The fraction of sp³-hybridized carbons (Fsp3) is 0.367. The lowest BCUT2D eigenvalue weighted by atomic mass is 9.88. The van der Waals surface area contributed by atoms with E-state index in [1.807, 2.05) is 43.6 Å². The summed E-state index contributed by atoms with van der Waals surface area (Å²) in [4.78, 5) is 24.9. The molecule has 1 saturated heterocycles. The number of nitrogens with two attached hydrogens (primary N) is 1. The first kappa shape index (κ1) is 27.1. The molecule has 0 radical (unpaired) electrons. The van der Waals surface area contributed by atoms with Crippen molar-refractivity contribution >= 4 is 29.7 Å². The van der Waals surface area contributed by atoms with Crippen LogP contribution >= 0.6 is 0 Å². The van der Waals surface area contributed by atoms with Crippen molar-refractivity contribution in [2.75, 3.05) is 34.2 Å². The number of nitrogens with zero attached hydrogens (tertiary/aromatic N) is 5. The van der Waals surface area contributed by atoms with E-state index in [1.54, 1.807) is 26.0 Å². The number of benzene rings is 1. The summed E-state index contributed by atoms with van der Waals surface area (Å²) in [5.74, 6) is 1.58. The van der Waals surface area contributed by atoms with Gasteiger partial charge < -0.3 is 15.7 Å². The summed E-state index contributed by atoms with van der Waals surface area (Å²) >= 11 is 0. The van der Waals surface area contributed by atoms with Gasteiger partial charge in [0.25, 0.3) is 5.91 Å². The number of carbonyl (C=O) groups is 1. The Balaban J connectivity index is 1.55. The monoisotopic (exact) mass is 513 g/mol. The zero-order valence-corrected chi connectivity index (χ0v) is 23.1. The molecule has 3 N–H and O–H groups in total. The number of likely N-dealkylation sites (tertiary alicyclic amines) is 1. The van der Waals surface area contributed by atoms with E-state index in [0.717, 1.165) is 53.2 Å². The van der Waals surface area contributed by atoms with Crippen molar-refractivity contribution in [1.82, 2.24) is 19.6 Å². The summed E-state index contributed by atoms with van der Waals surface area (Å²) in [7, 11) is 7.29. The van der Waals surface area contributed by atoms with Crippen LogP contribution in [0.2, 0.25) is 0 Å². The van der Waals surface area contributed by atoms with Crippen LogP contribution in [0.3, 0.4) is 0 Å². The maximum atomic E-state index is 12.2. The summed E-state index contributed by atoms with van der Waals surface area (Å²) in [6.45, 7) is 8.61. The zero-order chi connectivity index (χ0) is 27.4. The third-order valence-corrected chi connectivity index (χ3v) is 7.54. The number of aromatic nitrogens is 2. The molecule has 2 aliphatic heterocycles. The van der Waals surface area contributed by atoms with Crippen LogP contribution < -0.4 is 16.2 Å². The first-order valence-corrected chi connectivity index (χ1v) is 13.1. The molecule has 1 atom stereocenters. The second kappa shape index (κ2) is 11.6. The van der Waals surface area contributed by atoms with Gasteiger partial charge in [-0.25, -0.2) is 4.99 Å². The smallest absolute Gasteiger partial charge is 0.253 e. The number of aliphatic imine (C=N–C) groups is 2. The largest absolute Gasteiger partial charge is 0.383 e. The highest BCUT2D eigenvalue weighted by Crippen LogP contribution is 2.32. The Hall–Kier alpha value is -3.91. The first-order valence-electron chi connectivity index (χ1n) is 13.1. The average molecular weight is 514 g/mol. The third-order valence-electron chi connectivity index (χ3n) is 7.54. The lowest BCUT2D eigenvalue weighted by Gasteiger charge is -2.36. The molecule has 0 spiro atoms. The van der Waals surface area contributed by atoms with Gasteiger partial charge in [-0.3, -0.25) is 19.4 Å².